The van der Waals surface area contributed by atoms with Crippen LogP contribution in [0.25, 0.3) is 5.52 Å². The highest BCUT2D eigenvalue weighted by Gasteiger charge is 2.27. The summed E-state index contributed by atoms with van der Waals surface area (Å²) in [4.78, 5) is 14.0. The summed E-state index contributed by atoms with van der Waals surface area (Å²) in [5.41, 5.74) is 3.60. The summed E-state index contributed by atoms with van der Waals surface area (Å²) >= 11 is 0. The molecule has 124 valence electrons. The van der Waals surface area contributed by atoms with Crippen molar-refractivity contribution < 1.29 is 0 Å². The highest BCUT2D eigenvalue weighted by Crippen LogP contribution is 2.35. The molecule has 3 unspecified atom stereocenters. The normalized spacial score (nSPS) is 22.0. The molecule has 0 bridgehead atoms. The number of H-pyrrole nitrogens is 1. The zero-order valence-corrected chi connectivity index (χ0v) is 13.8. The van der Waals surface area contributed by atoms with E-state index in [2.05, 4.69) is 34.5 Å². The van der Waals surface area contributed by atoms with Crippen LogP contribution in [0.15, 0.2) is 53.7 Å². The van der Waals surface area contributed by atoms with Crippen LogP contribution in [0.3, 0.4) is 0 Å². The summed E-state index contributed by atoms with van der Waals surface area (Å²) in [6.07, 6.45) is 9.23. The van der Waals surface area contributed by atoms with E-state index in [0.29, 0.717) is 12.0 Å². The molecule has 0 aromatic carbocycles. The molecule has 0 radical (unpaired) electrons. The van der Waals surface area contributed by atoms with E-state index in [4.69, 9.17) is 0 Å². The van der Waals surface area contributed by atoms with Gasteiger partial charge in [-0.3, -0.25) is 4.79 Å². The molecule has 1 fully saturated rings. The second-order valence-corrected chi connectivity index (χ2v) is 6.71. The number of aromatic amines is 1. The second-order valence-electron chi connectivity index (χ2n) is 6.71. The number of nitrogens with zero attached hydrogens (tertiary/aromatic N) is 2. The minimum absolute atomic E-state index is 0.0341. The fraction of sp³-hybridized carbons (Fsp3) is 0.368. The predicted octanol–water partition coefficient (Wildman–Crippen LogP) is 3.01. The standard InChI is InChI=1S/C19H22N4O/c1-13(17-12-21-23-9-3-2-4-18(17)23)22-16-7-5-14(10-16)15-6-8-19(24)20-11-15/h2-4,6,8-9,11-14,16,22H,5,7,10H2,1H3,(H,20,24). The molecule has 3 heterocycles. The van der Waals surface area contributed by atoms with Crippen molar-refractivity contribution in [3.05, 3.63) is 70.4 Å². The highest BCUT2D eigenvalue weighted by molar-refractivity contribution is 5.54. The number of hydrogen-bond donors (Lipinski definition) is 2. The molecule has 5 nitrogen and oxygen atoms in total. The van der Waals surface area contributed by atoms with Crippen LogP contribution in [0.2, 0.25) is 0 Å². The van der Waals surface area contributed by atoms with Crippen LogP contribution in [-0.4, -0.2) is 20.6 Å². The summed E-state index contributed by atoms with van der Waals surface area (Å²) in [6.45, 7) is 2.21. The van der Waals surface area contributed by atoms with E-state index in [1.165, 1.54) is 11.1 Å². The number of hydrogen-bond acceptors (Lipinski definition) is 3. The smallest absolute Gasteiger partial charge is 0.247 e. The topological polar surface area (TPSA) is 62.2 Å². The Labute approximate surface area is 140 Å². The monoisotopic (exact) mass is 322 g/mol. The number of rotatable bonds is 4. The van der Waals surface area contributed by atoms with Crippen molar-refractivity contribution in [3.63, 3.8) is 0 Å². The summed E-state index contributed by atoms with van der Waals surface area (Å²) in [5, 5.41) is 8.19. The van der Waals surface area contributed by atoms with Crippen molar-refractivity contribution in [2.45, 2.75) is 44.2 Å². The van der Waals surface area contributed by atoms with Crippen LogP contribution in [0.5, 0.6) is 0 Å². The lowest BCUT2D eigenvalue weighted by atomic mass is 9.99. The third-order valence-electron chi connectivity index (χ3n) is 5.12. The molecule has 5 heteroatoms. The molecule has 4 rings (SSSR count). The molecule has 1 aliphatic rings. The van der Waals surface area contributed by atoms with Gasteiger partial charge in [0, 0.05) is 36.1 Å². The van der Waals surface area contributed by atoms with E-state index in [1.54, 1.807) is 6.07 Å². The number of fused-ring (bicyclic) bond motifs is 1. The molecule has 1 saturated carbocycles. The first-order chi connectivity index (χ1) is 11.7. The Kier molecular flexibility index (Phi) is 3.94. The Morgan fingerprint density at radius 1 is 1.29 bits per heavy atom. The summed E-state index contributed by atoms with van der Waals surface area (Å²) in [6, 6.07) is 10.5. The van der Waals surface area contributed by atoms with E-state index in [1.807, 2.05) is 35.2 Å². The Morgan fingerprint density at radius 3 is 3.04 bits per heavy atom. The molecular formula is C19H22N4O. The first-order valence-electron chi connectivity index (χ1n) is 8.57. The summed E-state index contributed by atoms with van der Waals surface area (Å²) in [7, 11) is 0. The quantitative estimate of drug-likeness (QED) is 0.776. The van der Waals surface area contributed by atoms with Gasteiger partial charge >= 0.3 is 0 Å². The molecule has 3 aromatic heterocycles. The first kappa shape index (κ1) is 15.1. The highest BCUT2D eigenvalue weighted by atomic mass is 16.1. The van der Waals surface area contributed by atoms with Gasteiger partial charge in [-0.2, -0.15) is 5.10 Å². The van der Waals surface area contributed by atoms with Gasteiger partial charge < -0.3 is 10.3 Å². The van der Waals surface area contributed by atoms with Gasteiger partial charge in [-0.15, -0.1) is 0 Å². The maximum atomic E-state index is 11.2. The molecule has 3 aromatic rings. The SMILES string of the molecule is CC(NC1CCC(c2ccc(=O)[nH]c2)C1)c1cnn2ccccc12. The Balaban J connectivity index is 1.44. The van der Waals surface area contributed by atoms with Gasteiger partial charge in [-0.25, -0.2) is 4.52 Å². The van der Waals surface area contributed by atoms with Crippen molar-refractivity contribution in [2.24, 2.45) is 0 Å². The van der Waals surface area contributed by atoms with Gasteiger partial charge in [0.15, 0.2) is 0 Å². The van der Waals surface area contributed by atoms with Crippen molar-refractivity contribution in [3.8, 4) is 0 Å². The third kappa shape index (κ3) is 2.87. The number of aromatic nitrogens is 3. The van der Waals surface area contributed by atoms with Crippen molar-refractivity contribution >= 4 is 5.52 Å². The minimum Gasteiger partial charge on any atom is -0.329 e. The lowest BCUT2D eigenvalue weighted by Crippen LogP contribution is -2.29. The zero-order chi connectivity index (χ0) is 16.5. The summed E-state index contributed by atoms with van der Waals surface area (Å²) in [5.74, 6) is 0.524. The molecular weight excluding hydrogens is 300 g/mol. The van der Waals surface area contributed by atoms with Crippen LogP contribution in [0.1, 0.15) is 49.3 Å². The van der Waals surface area contributed by atoms with E-state index >= 15 is 0 Å². The molecule has 0 amide bonds. The van der Waals surface area contributed by atoms with Crippen LogP contribution in [0.4, 0.5) is 0 Å². The maximum absolute atomic E-state index is 11.2. The van der Waals surface area contributed by atoms with Gasteiger partial charge in [0.1, 0.15) is 0 Å². The molecule has 1 aliphatic carbocycles. The minimum atomic E-state index is -0.0341. The van der Waals surface area contributed by atoms with Crippen LogP contribution >= 0.6 is 0 Å². The van der Waals surface area contributed by atoms with Crippen molar-refractivity contribution in [1.29, 1.82) is 0 Å². The van der Waals surface area contributed by atoms with Crippen molar-refractivity contribution in [1.82, 2.24) is 19.9 Å². The predicted molar refractivity (Wildman–Crippen MR) is 94.2 cm³/mol. The second kappa shape index (κ2) is 6.24. The van der Waals surface area contributed by atoms with Crippen LogP contribution in [0, 0.1) is 0 Å². The largest absolute Gasteiger partial charge is 0.329 e. The molecule has 2 N–H and O–H groups in total. The lowest BCUT2D eigenvalue weighted by Gasteiger charge is -2.19. The Morgan fingerprint density at radius 2 is 2.21 bits per heavy atom. The average Bonchev–Trinajstić information content (AvgIpc) is 3.22. The van der Waals surface area contributed by atoms with Crippen LogP contribution in [-0.2, 0) is 0 Å². The fourth-order valence-electron chi connectivity index (χ4n) is 3.84. The van der Waals surface area contributed by atoms with E-state index in [-0.39, 0.29) is 11.6 Å². The molecule has 0 saturated heterocycles. The van der Waals surface area contributed by atoms with Gasteiger partial charge in [-0.1, -0.05) is 12.1 Å². The lowest BCUT2D eigenvalue weighted by molar-refractivity contribution is 0.458. The number of nitrogens with one attached hydrogen (secondary N) is 2. The first-order valence-corrected chi connectivity index (χ1v) is 8.57. The number of pyridine rings is 2. The molecule has 0 aliphatic heterocycles. The summed E-state index contributed by atoms with van der Waals surface area (Å²) < 4.78 is 1.92. The molecule has 3 atom stereocenters. The van der Waals surface area contributed by atoms with E-state index < -0.39 is 0 Å². The van der Waals surface area contributed by atoms with Crippen molar-refractivity contribution in [2.75, 3.05) is 0 Å². The van der Waals surface area contributed by atoms with Gasteiger partial charge in [0.05, 0.1) is 11.7 Å². The van der Waals surface area contributed by atoms with E-state index in [9.17, 15) is 4.79 Å². The van der Waals surface area contributed by atoms with E-state index in [0.717, 1.165) is 24.8 Å². The zero-order valence-electron chi connectivity index (χ0n) is 13.8. The molecule has 24 heavy (non-hydrogen) atoms. The maximum Gasteiger partial charge on any atom is 0.247 e. The van der Waals surface area contributed by atoms with Gasteiger partial charge in [-0.05, 0) is 49.8 Å². The van der Waals surface area contributed by atoms with Gasteiger partial charge in [0.2, 0.25) is 5.56 Å². The molecule has 0 spiro atoms. The third-order valence-corrected chi connectivity index (χ3v) is 5.12. The Bertz CT molecular complexity index is 877. The van der Waals surface area contributed by atoms with Gasteiger partial charge in [0.25, 0.3) is 0 Å². The van der Waals surface area contributed by atoms with Crippen LogP contribution < -0.4 is 10.9 Å². The average molecular weight is 322 g/mol. The fourth-order valence-corrected chi connectivity index (χ4v) is 3.84. The Hall–Kier alpha value is -2.40.